The molecule has 3 aliphatic rings. The van der Waals surface area contributed by atoms with Crippen LogP contribution in [0, 0.1) is 17.8 Å². The van der Waals surface area contributed by atoms with Crippen molar-refractivity contribution in [1.29, 1.82) is 0 Å². The summed E-state index contributed by atoms with van der Waals surface area (Å²) in [6, 6.07) is 2.03. The highest BCUT2D eigenvalue weighted by Crippen LogP contribution is 2.52. The first-order chi connectivity index (χ1) is 12.5. The first kappa shape index (κ1) is 16.3. The fourth-order valence-corrected chi connectivity index (χ4v) is 5.71. The molecule has 0 saturated heterocycles. The van der Waals surface area contributed by atoms with E-state index >= 15 is 0 Å². The molecule has 0 amide bonds. The summed E-state index contributed by atoms with van der Waals surface area (Å²) in [4.78, 5) is 9.44. The molecule has 5 rings (SSSR count). The number of fused-ring (bicyclic) bond motifs is 5. The van der Waals surface area contributed by atoms with Crippen molar-refractivity contribution in [2.75, 3.05) is 6.54 Å². The summed E-state index contributed by atoms with van der Waals surface area (Å²) in [5.74, 6) is 1.12. The molecule has 26 heavy (non-hydrogen) atoms. The average molecular weight is 352 g/mol. The Labute approximate surface area is 153 Å². The fraction of sp³-hybridized carbons (Fsp3) is 0.579. The van der Waals surface area contributed by atoms with E-state index in [-0.39, 0.29) is 0 Å². The zero-order chi connectivity index (χ0) is 18.1. The number of hydrogen-bond acceptors (Lipinski definition) is 5. The van der Waals surface area contributed by atoms with Gasteiger partial charge in [-0.25, -0.2) is 4.98 Å². The standard InChI is InChI=1S/C19H25BN4O2/c1-3-24-20(26)14-10-22-18-13(5-7-21-18)16(14)17(23-24)15-11(2)8-19(25)6-4-12(15)9-19/h5,7,10-12,15,25-26H,3-4,6,8-9H2,1-2H3,(H,21,22)/t11-,12+,15+,19-/m1/s1. The predicted octanol–water partition coefficient (Wildman–Crippen LogP) is 1.48. The van der Waals surface area contributed by atoms with Crippen LogP contribution in [-0.4, -0.2) is 49.9 Å². The Morgan fingerprint density at radius 3 is 3.08 bits per heavy atom. The van der Waals surface area contributed by atoms with Crippen LogP contribution in [0.1, 0.15) is 45.1 Å². The molecule has 6 nitrogen and oxygen atoms in total. The Kier molecular flexibility index (Phi) is 3.50. The van der Waals surface area contributed by atoms with Gasteiger partial charge in [-0.15, -0.1) is 0 Å². The molecule has 0 aromatic carbocycles. The maximum absolute atomic E-state index is 10.8. The van der Waals surface area contributed by atoms with Crippen molar-refractivity contribution in [3.05, 3.63) is 24.0 Å². The smallest absolute Gasteiger partial charge is 0.428 e. The highest BCUT2D eigenvalue weighted by molar-refractivity contribution is 6.66. The number of aliphatic hydroxyl groups is 1. The average Bonchev–Trinajstić information content (AvgIpc) is 3.21. The van der Waals surface area contributed by atoms with E-state index in [0.29, 0.717) is 24.3 Å². The zero-order valence-electron chi connectivity index (χ0n) is 15.3. The number of pyridine rings is 1. The minimum Gasteiger partial charge on any atom is -0.428 e. The van der Waals surface area contributed by atoms with Crippen molar-refractivity contribution < 1.29 is 10.1 Å². The van der Waals surface area contributed by atoms with Crippen LogP contribution in [0.4, 0.5) is 0 Å². The second-order valence-electron chi connectivity index (χ2n) is 8.38. The molecular formula is C19H25BN4O2. The number of rotatable bonds is 2. The summed E-state index contributed by atoms with van der Waals surface area (Å²) in [5.41, 5.74) is 3.31. The number of aromatic amines is 1. The van der Waals surface area contributed by atoms with E-state index in [1.807, 2.05) is 19.2 Å². The Morgan fingerprint density at radius 2 is 2.27 bits per heavy atom. The van der Waals surface area contributed by atoms with Gasteiger partial charge in [0.25, 0.3) is 0 Å². The topological polar surface area (TPSA) is 84.7 Å². The number of H-pyrrole nitrogens is 1. The van der Waals surface area contributed by atoms with E-state index in [1.165, 1.54) is 0 Å². The van der Waals surface area contributed by atoms with Gasteiger partial charge in [0.15, 0.2) is 0 Å². The molecular weight excluding hydrogens is 327 g/mol. The zero-order valence-corrected chi connectivity index (χ0v) is 15.3. The molecule has 1 aliphatic heterocycles. The maximum atomic E-state index is 10.8. The van der Waals surface area contributed by atoms with Gasteiger partial charge in [0, 0.05) is 41.3 Å². The SMILES string of the molecule is CCN1N=C([C@@H]2[C@H]3CC[C@](O)(C3)C[C@H]2C)c2c(cnc3[nH]ccc23)B1O. The summed E-state index contributed by atoms with van der Waals surface area (Å²) in [7, 11) is -0.759. The first-order valence-electron chi connectivity index (χ1n) is 9.72. The quantitative estimate of drug-likeness (QED) is 0.715. The molecule has 0 unspecified atom stereocenters. The molecule has 2 aromatic heterocycles. The lowest BCUT2D eigenvalue weighted by Crippen LogP contribution is -2.54. The predicted molar refractivity (Wildman–Crippen MR) is 102 cm³/mol. The third-order valence-electron chi connectivity index (χ3n) is 6.75. The first-order valence-corrected chi connectivity index (χ1v) is 9.72. The fourth-order valence-electron chi connectivity index (χ4n) is 5.71. The molecule has 2 aliphatic carbocycles. The van der Waals surface area contributed by atoms with E-state index in [4.69, 9.17) is 5.10 Å². The van der Waals surface area contributed by atoms with Gasteiger partial charge in [-0.1, -0.05) is 6.92 Å². The van der Waals surface area contributed by atoms with Crippen LogP contribution in [0.5, 0.6) is 0 Å². The second-order valence-corrected chi connectivity index (χ2v) is 8.38. The molecule has 2 aromatic rings. The van der Waals surface area contributed by atoms with E-state index < -0.39 is 12.7 Å². The largest absolute Gasteiger partial charge is 0.468 e. The van der Waals surface area contributed by atoms with Crippen molar-refractivity contribution in [3.8, 4) is 0 Å². The van der Waals surface area contributed by atoms with Gasteiger partial charge in [-0.05, 0) is 50.5 Å². The van der Waals surface area contributed by atoms with E-state index in [2.05, 4.69) is 16.9 Å². The van der Waals surface area contributed by atoms with E-state index in [9.17, 15) is 10.1 Å². The van der Waals surface area contributed by atoms with Gasteiger partial charge in [0.2, 0.25) is 0 Å². The molecule has 2 bridgehead atoms. The Balaban J connectivity index is 1.69. The Morgan fingerprint density at radius 1 is 1.42 bits per heavy atom. The van der Waals surface area contributed by atoms with Crippen molar-refractivity contribution in [2.24, 2.45) is 22.9 Å². The van der Waals surface area contributed by atoms with E-state index in [0.717, 1.165) is 53.5 Å². The van der Waals surface area contributed by atoms with Crippen LogP contribution in [0.25, 0.3) is 11.0 Å². The van der Waals surface area contributed by atoms with Gasteiger partial charge < -0.3 is 20.0 Å². The third kappa shape index (κ3) is 2.20. The maximum Gasteiger partial charge on any atom is 0.468 e. The molecule has 0 spiro atoms. The number of nitrogens with one attached hydrogen (secondary N) is 1. The van der Waals surface area contributed by atoms with Crippen molar-refractivity contribution >= 4 is 29.3 Å². The normalized spacial score (nSPS) is 33.5. The lowest BCUT2D eigenvalue weighted by atomic mass is 9.63. The number of hydrazone groups is 1. The van der Waals surface area contributed by atoms with Crippen LogP contribution in [0.3, 0.4) is 0 Å². The summed E-state index contributed by atoms with van der Waals surface area (Å²) in [5, 5.41) is 27.6. The lowest BCUT2D eigenvalue weighted by molar-refractivity contribution is -0.00749. The van der Waals surface area contributed by atoms with Gasteiger partial charge >= 0.3 is 7.05 Å². The van der Waals surface area contributed by atoms with Crippen molar-refractivity contribution in [2.45, 2.75) is 45.1 Å². The Hall–Kier alpha value is -1.86. The monoisotopic (exact) mass is 352 g/mol. The van der Waals surface area contributed by atoms with E-state index in [1.54, 1.807) is 11.1 Å². The van der Waals surface area contributed by atoms with Crippen LogP contribution >= 0.6 is 0 Å². The molecule has 2 saturated carbocycles. The number of hydrogen-bond donors (Lipinski definition) is 3. The Bertz CT molecular complexity index is 897. The molecule has 3 heterocycles. The van der Waals surface area contributed by atoms with Crippen molar-refractivity contribution in [1.82, 2.24) is 14.9 Å². The summed E-state index contributed by atoms with van der Waals surface area (Å²) in [6.45, 7) is 4.90. The highest BCUT2D eigenvalue weighted by atomic mass is 16.3. The molecule has 4 atom stereocenters. The van der Waals surface area contributed by atoms with Crippen LogP contribution in [0.15, 0.2) is 23.6 Å². The highest BCUT2D eigenvalue weighted by Gasteiger charge is 2.51. The van der Waals surface area contributed by atoms with Gasteiger partial charge in [0.05, 0.1) is 11.3 Å². The summed E-state index contributed by atoms with van der Waals surface area (Å²) >= 11 is 0. The van der Waals surface area contributed by atoms with Crippen LogP contribution in [0.2, 0.25) is 0 Å². The third-order valence-corrected chi connectivity index (χ3v) is 6.75. The van der Waals surface area contributed by atoms with Crippen LogP contribution in [-0.2, 0) is 0 Å². The van der Waals surface area contributed by atoms with Gasteiger partial charge in [0.1, 0.15) is 5.65 Å². The molecule has 7 heteroatoms. The van der Waals surface area contributed by atoms with Crippen molar-refractivity contribution in [3.63, 3.8) is 0 Å². The number of aromatic nitrogens is 2. The molecule has 0 radical (unpaired) electrons. The minimum atomic E-state index is -0.759. The summed E-state index contributed by atoms with van der Waals surface area (Å²) < 4.78 is 0. The second kappa shape index (κ2) is 5.57. The molecule has 2 fully saturated rings. The molecule has 136 valence electrons. The van der Waals surface area contributed by atoms with Crippen LogP contribution < -0.4 is 5.46 Å². The van der Waals surface area contributed by atoms with Gasteiger partial charge in [-0.3, -0.25) is 0 Å². The minimum absolute atomic E-state index is 0.304. The summed E-state index contributed by atoms with van der Waals surface area (Å²) in [6.07, 6.45) is 7.33. The number of nitrogens with zero attached hydrogens (tertiary/aromatic N) is 3. The lowest BCUT2D eigenvalue weighted by Gasteiger charge is -2.41. The molecule has 3 N–H and O–H groups in total. The van der Waals surface area contributed by atoms with Gasteiger partial charge in [-0.2, -0.15) is 5.10 Å².